The molecule has 3 N–H and O–H groups in total. The first-order chi connectivity index (χ1) is 9.61. The van der Waals surface area contributed by atoms with Crippen LogP contribution in [0.1, 0.15) is 31.1 Å². The van der Waals surface area contributed by atoms with Crippen molar-refractivity contribution in [3.63, 3.8) is 0 Å². The van der Waals surface area contributed by atoms with Gasteiger partial charge in [-0.3, -0.25) is 15.8 Å². The third-order valence-corrected chi connectivity index (χ3v) is 2.99. The Morgan fingerprint density at radius 2 is 2.15 bits per heavy atom. The normalized spacial score (nSPS) is 12.4. The average Bonchev–Trinajstić information content (AvgIpc) is 2.41. The molecule has 2 aromatic heterocycles. The van der Waals surface area contributed by atoms with E-state index in [0.29, 0.717) is 16.5 Å². The molecular formula is C14H17ClN4O. The summed E-state index contributed by atoms with van der Waals surface area (Å²) in [7, 11) is 0. The van der Waals surface area contributed by atoms with Crippen molar-refractivity contribution in [3.8, 4) is 5.75 Å². The minimum atomic E-state index is -0.341. The van der Waals surface area contributed by atoms with E-state index in [1.54, 1.807) is 30.7 Å². The average molecular weight is 293 g/mol. The number of pyridine rings is 2. The number of ether oxygens (including phenoxy) is 1. The molecule has 0 saturated heterocycles. The highest BCUT2D eigenvalue weighted by Gasteiger charge is 2.18. The zero-order valence-corrected chi connectivity index (χ0v) is 12.1. The largest absolute Gasteiger partial charge is 0.489 e. The SMILES string of the molecule is CC(C)Oc1cncc(C(NN)c2ncccc2Cl)c1. The Hall–Kier alpha value is -1.69. The number of nitrogens with one attached hydrogen (secondary N) is 1. The van der Waals surface area contributed by atoms with Crippen molar-refractivity contribution in [1.29, 1.82) is 0 Å². The Balaban J connectivity index is 2.35. The lowest BCUT2D eigenvalue weighted by Crippen LogP contribution is -2.29. The fraction of sp³-hybridized carbons (Fsp3) is 0.286. The molecular weight excluding hydrogens is 276 g/mol. The summed E-state index contributed by atoms with van der Waals surface area (Å²) in [6.07, 6.45) is 5.13. The molecule has 0 aliphatic rings. The van der Waals surface area contributed by atoms with Crippen LogP contribution in [0.15, 0.2) is 36.8 Å². The Morgan fingerprint density at radius 3 is 2.80 bits per heavy atom. The summed E-state index contributed by atoms with van der Waals surface area (Å²) in [6, 6.07) is 5.08. The van der Waals surface area contributed by atoms with Gasteiger partial charge in [0.25, 0.3) is 0 Å². The van der Waals surface area contributed by atoms with Gasteiger partial charge in [0.05, 0.1) is 29.1 Å². The molecule has 0 amide bonds. The molecule has 0 aliphatic heterocycles. The highest BCUT2D eigenvalue weighted by molar-refractivity contribution is 6.31. The van der Waals surface area contributed by atoms with Gasteiger partial charge in [-0.25, -0.2) is 5.43 Å². The second kappa shape index (κ2) is 6.65. The maximum atomic E-state index is 6.16. The second-order valence-corrected chi connectivity index (χ2v) is 5.00. The summed E-state index contributed by atoms with van der Waals surface area (Å²) < 4.78 is 5.63. The van der Waals surface area contributed by atoms with Gasteiger partial charge < -0.3 is 4.74 Å². The fourth-order valence-electron chi connectivity index (χ4n) is 1.87. The molecule has 2 heterocycles. The van der Waals surface area contributed by atoms with Crippen LogP contribution in [0.2, 0.25) is 5.02 Å². The van der Waals surface area contributed by atoms with Crippen LogP contribution in [-0.4, -0.2) is 16.1 Å². The lowest BCUT2D eigenvalue weighted by Gasteiger charge is -2.18. The van der Waals surface area contributed by atoms with E-state index in [2.05, 4.69) is 15.4 Å². The summed E-state index contributed by atoms with van der Waals surface area (Å²) in [5.74, 6) is 6.32. The molecule has 0 aromatic carbocycles. The van der Waals surface area contributed by atoms with Crippen molar-refractivity contribution >= 4 is 11.6 Å². The van der Waals surface area contributed by atoms with E-state index >= 15 is 0 Å². The van der Waals surface area contributed by atoms with Crippen LogP contribution in [0.3, 0.4) is 0 Å². The number of rotatable bonds is 5. The van der Waals surface area contributed by atoms with Crippen molar-refractivity contribution in [1.82, 2.24) is 15.4 Å². The Kier molecular flexibility index (Phi) is 4.89. The standard InChI is InChI=1S/C14H17ClN4O/c1-9(2)20-11-6-10(7-17-8-11)13(19-16)14-12(15)4-3-5-18-14/h3-9,13,19H,16H2,1-2H3. The molecule has 0 saturated carbocycles. The molecule has 1 unspecified atom stereocenters. The van der Waals surface area contributed by atoms with Crippen LogP contribution in [0.4, 0.5) is 0 Å². The number of aromatic nitrogens is 2. The molecule has 1 atom stereocenters. The molecule has 6 heteroatoms. The van der Waals surface area contributed by atoms with E-state index in [1.807, 2.05) is 19.9 Å². The van der Waals surface area contributed by atoms with E-state index in [9.17, 15) is 0 Å². The molecule has 106 valence electrons. The number of hydrogen-bond acceptors (Lipinski definition) is 5. The van der Waals surface area contributed by atoms with Crippen LogP contribution in [0.5, 0.6) is 5.75 Å². The molecule has 0 spiro atoms. The third-order valence-electron chi connectivity index (χ3n) is 2.67. The van der Waals surface area contributed by atoms with Crippen molar-refractivity contribution < 1.29 is 4.74 Å². The maximum Gasteiger partial charge on any atom is 0.138 e. The number of hydrazine groups is 1. The zero-order valence-electron chi connectivity index (χ0n) is 11.4. The Labute approximate surface area is 123 Å². The summed E-state index contributed by atoms with van der Waals surface area (Å²) in [4.78, 5) is 8.44. The van der Waals surface area contributed by atoms with Gasteiger partial charge in [0.1, 0.15) is 5.75 Å². The first-order valence-electron chi connectivity index (χ1n) is 6.30. The quantitative estimate of drug-likeness (QED) is 0.654. The van der Waals surface area contributed by atoms with E-state index in [-0.39, 0.29) is 12.1 Å². The van der Waals surface area contributed by atoms with E-state index < -0.39 is 0 Å². The van der Waals surface area contributed by atoms with Crippen LogP contribution in [0.25, 0.3) is 0 Å². The van der Waals surface area contributed by atoms with Gasteiger partial charge in [0.2, 0.25) is 0 Å². The van der Waals surface area contributed by atoms with Gasteiger partial charge in [0, 0.05) is 12.4 Å². The van der Waals surface area contributed by atoms with Gasteiger partial charge in [-0.2, -0.15) is 0 Å². The lowest BCUT2D eigenvalue weighted by atomic mass is 10.1. The molecule has 2 aromatic rings. The number of nitrogens with zero attached hydrogens (tertiary/aromatic N) is 2. The van der Waals surface area contributed by atoms with Crippen LogP contribution in [0, 0.1) is 0 Å². The van der Waals surface area contributed by atoms with Crippen molar-refractivity contribution in [2.24, 2.45) is 5.84 Å². The number of hydrogen-bond donors (Lipinski definition) is 2. The van der Waals surface area contributed by atoms with Gasteiger partial charge in [-0.05, 0) is 37.6 Å². The molecule has 20 heavy (non-hydrogen) atoms. The topological polar surface area (TPSA) is 73.1 Å². The maximum absolute atomic E-state index is 6.16. The van der Waals surface area contributed by atoms with Crippen molar-refractivity contribution in [3.05, 3.63) is 53.1 Å². The Morgan fingerprint density at radius 1 is 1.35 bits per heavy atom. The minimum Gasteiger partial charge on any atom is -0.489 e. The summed E-state index contributed by atoms with van der Waals surface area (Å²) in [5, 5.41) is 0.547. The Bertz CT molecular complexity index is 577. The molecule has 0 bridgehead atoms. The predicted octanol–water partition coefficient (Wildman–Crippen LogP) is 2.47. The van der Waals surface area contributed by atoms with Gasteiger partial charge in [-0.15, -0.1) is 0 Å². The first kappa shape index (κ1) is 14.7. The predicted molar refractivity (Wildman–Crippen MR) is 78.4 cm³/mol. The first-order valence-corrected chi connectivity index (χ1v) is 6.67. The molecule has 2 rings (SSSR count). The van der Waals surface area contributed by atoms with Gasteiger partial charge >= 0.3 is 0 Å². The highest BCUT2D eigenvalue weighted by atomic mass is 35.5. The van der Waals surface area contributed by atoms with Crippen LogP contribution in [-0.2, 0) is 0 Å². The smallest absolute Gasteiger partial charge is 0.138 e. The van der Waals surface area contributed by atoms with Crippen molar-refractivity contribution in [2.45, 2.75) is 26.0 Å². The zero-order chi connectivity index (χ0) is 14.5. The van der Waals surface area contributed by atoms with Gasteiger partial charge in [0.15, 0.2) is 0 Å². The number of nitrogens with two attached hydrogens (primary N) is 1. The van der Waals surface area contributed by atoms with Crippen LogP contribution >= 0.6 is 11.6 Å². The monoisotopic (exact) mass is 292 g/mol. The molecule has 5 nitrogen and oxygen atoms in total. The molecule has 0 aliphatic carbocycles. The molecule has 0 fully saturated rings. The van der Waals surface area contributed by atoms with Crippen molar-refractivity contribution in [2.75, 3.05) is 0 Å². The summed E-state index contributed by atoms with van der Waals surface area (Å²) >= 11 is 6.16. The summed E-state index contributed by atoms with van der Waals surface area (Å²) in [5.41, 5.74) is 4.21. The van der Waals surface area contributed by atoms with Gasteiger partial charge in [-0.1, -0.05) is 11.6 Å². The highest BCUT2D eigenvalue weighted by Crippen LogP contribution is 2.27. The van der Waals surface area contributed by atoms with E-state index in [1.165, 1.54) is 0 Å². The molecule has 0 radical (unpaired) electrons. The number of halogens is 1. The summed E-state index contributed by atoms with van der Waals surface area (Å²) in [6.45, 7) is 3.92. The van der Waals surface area contributed by atoms with E-state index in [4.69, 9.17) is 22.2 Å². The van der Waals surface area contributed by atoms with Crippen LogP contribution < -0.4 is 16.0 Å². The lowest BCUT2D eigenvalue weighted by molar-refractivity contribution is 0.241. The third kappa shape index (κ3) is 3.45. The minimum absolute atomic E-state index is 0.0785. The fourth-order valence-corrected chi connectivity index (χ4v) is 2.10. The second-order valence-electron chi connectivity index (χ2n) is 4.59. The van der Waals surface area contributed by atoms with E-state index in [0.717, 1.165) is 5.56 Å².